The number of nitrogens with zero attached hydrogens (tertiary/aromatic N) is 3. The van der Waals surface area contributed by atoms with Gasteiger partial charge in [0.15, 0.2) is 5.82 Å². The second-order valence-corrected chi connectivity index (χ2v) is 4.81. The zero-order valence-corrected chi connectivity index (χ0v) is 11.8. The lowest BCUT2D eigenvalue weighted by atomic mass is 10.1. The van der Waals surface area contributed by atoms with Gasteiger partial charge in [0.2, 0.25) is 0 Å². The molecular weight excluding hydrogens is 248 g/mol. The standard InChI is InChI=1S/C16H16N4/c1-10-8-14(19-13-7-5-4-6-12(10)13)16-18-11(2)9-15(17-3)20-16/h4-9H,1-3H3,(H,17,18,20). The number of benzene rings is 1. The van der Waals surface area contributed by atoms with Crippen molar-refractivity contribution in [1.29, 1.82) is 0 Å². The summed E-state index contributed by atoms with van der Waals surface area (Å²) in [7, 11) is 1.85. The van der Waals surface area contributed by atoms with Gasteiger partial charge in [0.25, 0.3) is 0 Å². The maximum Gasteiger partial charge on any atom is 0.180 e. The zero-order valence-electron chi connectivity index (χ0n) is 11.8. The fraction of sp³-hybridized carbons (Fsp3) is 0.188. The van der Waals surface area contributed by atoms with Crippen molar-refractivity contribution in [3.8, 4) is 11.5 Å². The largest absolute Gasteiger partial charge is 0.373 e. The zero-order chi connectivity index (χ0) is 14.1. The van der Waals surface area contributed by atoms with Gasteiger partial charge in [-0.05, 0) is 31.5 Å². The average molecular weight is 264 g/mol. The van der Waals surface area contributed by atoms with Crippen molar-refractivity contribution in [3.63, 3.8) is 0 Å². The van der Waals surface area contributed by atoms with Crippen molar-refractivity contribution in [3.05, 3.63) is 47.7 Å². The Hall–Kier alpha value is -2.49. The summed E-state index contributed by atoms with van der Waals surface area (Å²) >= 11 is 0. The van der Waals surface area contributed by atoms with Gasteiger partial charge in [-0.3, -0.25) is 0 Å². The normalized spacial score (nSPS) is 10.8. The van der Waals surface area contributed by atoms with Crippen LogP contribution in [0.2, 0.25) is 0 Å². The predicted molar refractivity (Wildman–Crippen MR) is 81.8 cm³/mol. The molecule has 0 bridgehead atoms. The van der Waals surface area contributed by atoms with Crippen LogP contribution in [0, 0.1) is 13.8 Å². The Kier molecular flexibility index (Phi) is 3.06. The van der Waals surface area contributed by atoms with E-state index < -0.39 is 0 Å². The van der Waals surface area contributed by atoms with Crippen LogP contribution < -0.4 is 5.32 Å². The lowest BCUT2D eigenvalue weighted by molar-refractivity contribution is 1.09. The molecule has 0 amide bonds. The molecule has 0 aliphatic heterocycles. The van der Waals surface area contributed by atoms with Crippen molar-refractivity contribution in [2.24, 2.45) is 0 Å². The van der Waals surface area contributed by atoms with E-state index in [2.05, 4.69) is 33.3 Å². The van der Waals surface area contributed by atoms with E-state index in [0.29, 0.717) is 5.82 Å². The smallest absolute Gasteiger partial charge is 0.180 e. The number of aromatic nitrogens is 3. The van der Waals surface area contributed by atoms with E-state index >= 15 is 0 Å². The highest BCUT2D eigenvalue weighted by Crippen LogP contribution is 2.23. The molecule has 1 N–H and O–H groups in total. The van der Waals surface area contributed by atoms with Crippen molar-refractivity contribution in [2.75, 3.05) is 12.4 Å². The molecule has 0 spiro atoms. The topological polar surface area (TPSA) is 50.7 Å². The molecule has 4 heteroatoms. The minimum absolute atomic E-state index is 0.656. The number of aryl methyl sites for hydroxylation is 2. The van der Waals surface area contributed by atoms with Gasteiger partial charge in [0.05, 0.1) is 5.52 Å². The van der Waals surface area contributed by atoms with Gasteiger partial charge in [0.1, 0.15) is 11.5 Å². The second kappa shape index (κ2) is 4.89. The molecule has 2 aromatic heterocycles. The summed E-state index contributed by atoms with van der Waals surface area (Å²) in [5.74, 6) is 1.46. The molecule has 0 unspecified atom stereocenters. The van der Waals surface area contributed by atoms with Crippen LogP contribution in [0.1, 0.15) is 11.3 Å². The molecule has 2 heterocycles. The molecule has 0 atom stereocenters. The first-order valence-electron chi connectivity index (χ1n) is 6.57. The van der Waals surface area contributed by atoms with Crippen LogP contribution in [0.25, 0.3) is 22.4 Å². The van der Waals surface area contributed by atoms with Crippen molar-refractivity contribution < 1.29 is 0 Å². The first-order valence-corrected chi connectivity index (χ1v) is 6.57. The van der Waals surface area contributed by atoms with Gasteiger partial charge in [-0.2, -0.15) is 0 Å². The average Bonchev–Trinajstić information content (AvgIpc) is 2.46. The summed E-state index contributed by atoms with van der Waals surface area (Å²) in [5.41, 5.74) is 3.88. The molecule has 0 radical (unpaired) electrons. The van der Waals surface area contributed by atoms with E-state index in [1.165, 1.54) is 5.56 Å². The number of anilines is 1. The quantitative estimate of drug-likeness (QED) is 0.771. The van der Waals surface area contributed by atoms with Crippen LogP contribution in [0.5, 0.6) is 0 Å². The van der Waals surface area contributed by atoms with Gasteiger partial charge in [-0.25, -0.2) is 15.0 Å². The maximum absolute atomic E-state index is 4.67. The minimum atomic E-state index is 0.656. The molecule has 1 aromatic carbocycles. The Morgan fingerprint density at radius 1 is 0.950 bits per heavy atom. The first-order chi connectivity index (χ1) is 9.67. The second-order valence-electron chi connectivity index (χ2n) is 4.81. The molecular formula is C16H16N4. The molecule has 100 valence electrons. The molecule has 3 rings (SSSR count). The number of pyridine rings is 1. The Morgan fingerprint density at radius 3 is 2.55 bits per heavy atom. The summed E-state index contributed by atoms with van der Waals surface area (Å²) in [6.45, 7) is 4.04. The van der Waals surface area contributed by atoms with Gasteiger partial charge in [-0.15, -0.1) is 0 Å². The van der Waals surface area contributed by atoms with E-state index in [9.17, 15) is 0 Å². The molecule has 0 saturated heterocycles. The first kappa shape index (κ1) is 12.5. The summed E-state index contributed by atoms with van der Waals surface area (Å²) < 4.78 is 0. The van der Waals surface area contributed by atoms with Crippen LogP contribution in [0.3, 0.4) is 0 Å². The van der Waals surface area contributed by atoms with Crippen LogP contribution in [0.4, 0.5) is 5.82 Å². The fourth-order valence-corrected chi connectivity index (χ4v) is 2.28. The third-order valence-corrected chi connectivity index (χ3v) is 3.26. The van der Waals surface area contributed by atoms with E-state index in [4.69, 9.17) is 0 Å². The summed E-state index contributed by atoms with van der Waals surface area (Å²) in [5, 5.41) is 4.22. The van der Waals surface area contributed by atoms with Crippen molar-refractivity contribution >= 4 is 16.7 Å². The number of hydrogen-bond donors (Lipinski definition) is 1. The van der Waals surface area contributed by atoms with Crippen LogP contribution in [-0.2, 0) is 0 Å². The summed E-state index contributed by atoms with van der Waals surface area (Å²) in [6, 6.07) is 12.1. The van der Waals surface area contributed by atoms with E-state index in [-0.39, 0.29) is 0 Å². The molecule has 20 heavy (non-hydrogen) atoms. The third-order valence-electron chi connectivity index (χ3n) is 3.26. The van der Waals surface area contributed by atoms with Crippen molar-refractivity contribution in [2.45, 2.75) is 13.8 Å². The van der Waals surface area contributed by atoms with Crippen LogP contribution >= 0.6 is 0 Å². The highest BCUT2D eigenvalue weighted by molar-refractivity contribution is 5.84. The number of rotatable bonds is 2. The Bertz CT molecular complexity index is 781. The van der Waals surface area contributed by atoms with Gasteiger partial charge < -0.3 is 5.32 Å². The SMILES string of the molecule is CNc1cc(C)nc(-c2cc(C)c3ccccc3n2)n1. The number of para-hydroxylation sites is 1. The van der Waals surface area contributed by atoms with Gasteiger partial charge in [0, 0.05) is 24.2 Å². The van der Waals surface area contributed by atoms with Crippen LogP contribution in [-0.4, -0.2) is 22.0 Å². The lowest BCUT2D eigenvalue weighted by Gasteiger charge is -2.08. The molecule has 0 aliphatic rings. The summed E-state index contributed by atoms with van der Waals surface area (Å²) in [4.78, 5) is 13.6. The van der Waals surface area contributed by atoms with Crippen molar-refractivity contribution in [1.82, 2.24) is 15.0 Å². The molecule has 0 aliphatic carbocycles. The summed E-state index contributed by atoms with van der Waals surface area (Å²) in [6.07, 6.45) is 0. The van der Waals surface area contributed by atoms with Gasteiger partial charge in [-0.1, -0.05) is 18.2 Å². The third kappa shape index (κ3) is 2.20. The monoisotopic (exact) mass is 264 g/mol. The fourth-order valence-electron chi connectivity index (χ4n) is 2.28. The minimum Gasteiger partial charge on any atom is -0.373 e. The number of hydrogen-bond acceptors (Lipinski definition) is 4. The molecule has 4 nitrogen and oxygen atoms in total. The number of nitrogens with one attached hydrogen (secondary N) is 1. The Labute approximate surface area is 117 Å². The highest BCUT2D eigenvalue weighted by Gasteiger charge is 2.08. The number of fused-ring (bicyclic) bond motifs is 1. The Balaban J connectivity index is 2.22. The highest BCUT2D eigenvalue weighted by atomic mass is 15.0. The lowest BCUT2D eigenvalue weighted by Crippen LogP contribution is -2.00. The Morgan fingerprint density at radius 2 is 1.75 bits per heavy atom. The van der Waals surface area contributed by atoms with Gasteiger partial charge >= 0.3 is 0 Å². The van der Waals surface area contributed by atoms with Crippen LogP contribution in [0.15, 0.2) is 36.4 Å². The molecule has 0 fully saturated rings. The maximum atomic E-state index is 4.67. The molecule has 0 saturated carbocycles. The molecule has 3 aromatic rings. The predicted octanol–water partition coefficient (Wildman–Crippen LogP) is 3.35. The van der Waals surface area contributed by atoms with E-state index in [1.807, 2.05) is 44.3 Å². The van der Waals surface area contributed by atoms with E-state index in [1.54, 1.807) is 0 Å². The van der Waals surface area contributed by atoms with E-state index in [0.717, 1.165) is 28.1 Å².